The van der Waals surface area contributed by atoms with Crippen LogP contribution in [-0.2, 0) is 0 Å². The van der Waals surface area contributed by atoms with Crippen LogP contribution in [0.15, 0.2) is 29.2 Å². The Morgan fingerprint density at radius 1 is 1.50 bits per heavy atom. The molecular weight excluding hydrogens is 173 g/mol. The summed E-state index contributed by atoms with van der Waals surface area (Å²) in [7, 11) is 0. The van der Waals surface area contributed by atoms with Gasteiger partial charge in [-0.05, 0) is 18.2 Å². The largest absolute Gasteiger partial charge is 0.250 e. The number of halogens is 1. The Balaban J connectivity index is 2.68. The molecule has 0 fully saturated rings. The van der Waals surface area contributed by atoms with Gasteiger partial charge >= 0.3 is 0 Å². The molecule has 0 bridgehead atoms. The van der Waals surface area contributed by atoms with Crippen molar-refractivity contribution < 1.29 is 4.39 Å². The molecule has 0 saturated heterocycles. The molecule has 0 amide bonds. The average molecular weight is 181 g/mol. The third-order valence-corrected chi connectivity index (χ3v) is 2.25. The standard InChI is InChI=1S/C9H8FNS/c10-4-5-12-9-3-1-2-8(6-9)7-11/h1-3,6H,4-5H2. The molecule has 1 aromatic rings. The molecule has 0 atom stereocenters. The van der Waals surface area contributed by atoms with Crippen molar-refractivity contribution in [2.45, 2.75) is 4.90 Å². The summed E-state index contributed by atoms with van der Waals surface area (Å²) in [6, 6.07) is 9.22. The molecule has 0 N–H and O–H groups in total. The number of rotatable bonds is 3. The topological polar surface area (TPSA) is 23.8 Å². The molecule has 0 aliphatic carbocycles. The summed E-state index contributed by atoms with van der Waals surface area (Å²) < 4.78 is 11.8. The third-order valence-electron chi connectivity index (χ3n) is 1.31. The van der Waals surface area contributed by atoms with E-state index in [9.17, 15) is 4.39 Å². The minimum atomic E-state index is -0.332. The lowest BCUT2D eigenvalue weighted by Crippen LogP contribution is -1.81. The smallest absolute Gasteiger partial charge is 0.0992 e. The van der Waals surface area contributed by atoms with E-state index in [0.29, 0.717) is 11.3 Å². The van der Waals surface area contributed by atoms with E-state index in [1.54, 1.807) is 18.2 Å². The van der Waals surface area contributed by atoms with Crippen LogP contribution < -0.4 is 0 Å². The first-order valence-electron chi connectivity index (χ1n) is 3.56. The molecule has 1 aromatic carbocycles. The fourth-order valence-corrected chi connectivity index (χ4v) is 1.51. The molecule has 0 saturated carbocycles. The van der Waals surface area contributed by atoms with E-state index in [-0.39, 0.29) is 6.67 Å². The first kappa shape index (κ1) is 9.08. The van der Waals surface area contributed by atoms with Gasteiger partial charge < -0.3 is 0 Å². The molecule has 0 spiro atoms. The number of thioether (sulfide) groups is 1. The van der Waals surface area contributed by atoms with Crippen LogP contribution in [0.4, 0.5) is 4.39 Å². The van der Waals surface area contributed by atoms with Gasteiger partial charge in [-0.1, -0.05) is 6.07 Å². The molecule has 0 aliphatic heterocycles. The fourth-order valence-electron chi connectivity index (χ4n) is 0.812. The van der Waals surface area contributed by atoms with E-state index in [2.05, 4.69) is 0 Å². The summed E-state index contributed by atoms with van der Waals surface area (Å²) in [5.74, 6) is 0.453. The zero-order valence-electron chi connectivity index (χ0n) is 6.46. The highest BCUT2D eigenvalue weighted by Gasteiger charge is 1.94. The molecule has 0 heterocycles. The summed E-state index contributed by atoms with van der Waals surface area (Å²) in [4.78, 5) is 0.951. The van der Waals surface area contributed by atoms with Crippen LogP contribution in [0.25, 0.3) is 0 Å². The van der Waals surface area contributed by atoms with E-state index in [4.69, 9.17) is 5.26 Å². The third kappa shape index (κ3) is 2.55. The van der Waals surface area contributed by atoms with Crippen LogP contribution in [0.5, 0.6) is 0 Å². The predicted molar refractivity (Wildman–Crippen MR) is 47.9 cm³/mol. The molecule has 3 heteroatoms. The van der Waals surface area contributed by atoms with Gasteiger partial charge in [0.05, 0.1) is 18.3 Å². The zero-order valence-corrected chi connectivity index (χ0v) is 7.27. The van der Waals surface area contributed by atoms with Gasteiger partial charge in [0, 0.05) is 10.6 Å². The van der Waals surface area contributed by atoms with Gasteiger partial charge in [-0.3, -0.25) is 4.39 Å². The van der Waals surface area contributed by atoms with Crippen molar-refractivity contribution in [3.63, 3.8) is 0 Å². The Kier molecular flexibility index (Phi) is 3.62. The van der Waals surface area contributed by atoms with Crippen LogP contribution >= 0.6 is 11.8 Å². The highest BCUT2D eigenvalue weighted by molar-refractivity contribution is 7.99. The maximum atomic E-state index is 11.8. The minimum Gasteiger partial charge on any atom is -0.250 e. The van der Waals surface area contributed by atoms with Gasteiger partial charge in [-0.15, -0.1) is 11.8 Å². The number of nitriles is 1. The predicted octanol–water partition coefficient (Wildman–Crippen LogP) is 2.62. The van der Waals surface area contributed by atoms with Gasteiger partial charge in [0.15, 0.2) is 0 Å². The number of hydrogen-bond donors (Lipinski definition) is 0. The van der Waals surface area contributed by atoms with Crippen molar-refractivity contribution in [3.05, 3.63) is 29.8 Å². The number of hydrogen-bond acceptors (Lipinski definition) is 2. The monoisotopic (exact) mass is 181 g/mol. The van der Waals surface area contributed by atoms with Gasteiger partial charge in [-0.25, -0.2) is 0 Å². The van der Waals surface area contributed by atoms with Crippen LogP contribution in [0.2, 0.25) is 0 Å². The summed E-state index contributed by atoms with van der Waals surface area (Å²) in [5, 5.41) is 8.55. The van der Waals surface area contributed by atoms with Crippen LogP contribution in [-0.4, -0.2) is 12.4 Å². The average Bonchev–Trinajstić information content (AvgIpc) is 2.15. The maximum Gasteiger partial charge on any atom is 0.0992 e. The highest BCUT2D eigenvalue weighted by Crippen LogP contribution is 2.18. The lowest BCUT2D eigenvalue weighted by atomic mass is 10.2. The lowest BCUT2D eigenvalue weighted by Gasteiger charge is -1.97. The molecule has 0 aromatic heterocycles. The first-order chi connectivity index (χ1) is 5.86. The molecule has 1 rings (SSSR count). The molecule has 62 valence electrons. The van der Waals surface area contributed by atoms with Crippen molar-refractivity contribution in [1.82, 2.24) is 0 Å². The second-order valence-corrected chi connectivity index (χ2v) is 3.35. The van der Waals surface area contributed by atoms with Gasteiger partial charge in [0.2, 0.25) is 0 Å². The molecule has 12 heavy (non-hydrogen) atoms. The molecule has 0 radical (unpaired) electrons. The van der Waals surface area contributed by atoms with E-state index >= 15 is 0 Å². The van der Waals surface area contributed by atoms with Gasteiger partial charge in [0.1, 0.15) is 0 Å². The minimum absolute atomic E-state index is 0.332. The highest BCUT2D eigenvalue weighted by atomic mass is 32.2. The van der Waals surface area contributed by atoms with Crippen LogP contribution in [0.1, 0.15) is 5.56 Å². The summed E-state index contributed by atoms with van der Waals surface area (Å²) >= 11 is 1.42. The van der Waals surface area contributed by atoms with Gasteiger partial charge in [-0.2, -0.15) is 5.26 Å². The second kappa shape index (κ2) is 4.78. The Labute approximate surface area is 75.2 Å². The molecule has 0 aliphatic rings. The quantitative estimate of drug-likeness (QED) is 0.669. The first-order valence-corrected chi connectivity index (χ1v) is 4.54. The van der Waals surface area contributed by atoms with E-state index in [0.717, 1.165) is 4.90 Å². The normalized spacial score (nSPS) is 9.33. The number of nitrogens with zero attached hydrogens (tertiary/aromatic N) is 1. The number of alkyl halides is 1. The van der Waals surface area contributed by atoms with Crippen molar-refractivity contribution in [2.24, 2.45) is 0 Å². The lowest BCUT2D eigenvalue weighted by molar-refractivity contribution is 0.533. The zero-order chi connectivity index (χ0) is 8.81. The Bertz CT molecular complexity index is 293. The fraction of sp³-hybridized carbons (Fsp3) is 0.222. The molecule has 1 nitrogen and oxygen atoms in total. The van der Waals surface area contributed by atoms with E-state index < -0.39 is 0 Å². The Morgan fingerprint density at radius 3 is 3.00 bits per heavy atom. The molecule has 0 unspecified atom stereocenters. The van der Waals surface area contributed by atoms with Crippen LogP contribution in [0, 0.1) is 11.3 Å². The Hall–Kier alpha value is -1.01. The van der Waals surface area contributed by atoms with E-state index in [1.807, 2.05) is 12.1 Å². The summed E-state index contributed by atoms with van der Waals surface area (Å²) in [5.41, 5.74) is 0.624. The van der Waals surface area contributed by atoms with E-state index in [1.165, 1.54) is 11.8 Å². The Morgan fingerprint density at radius 2 is 2.33 bits per heavy atom. The number of benzene rings is 1. The van der Waals surface area contributed by atoms with Crippen molar-refractivity contribution in [1.29, 1.82) is 5.26 Å². The van der Waals surface area contributed by atoms with Crippen molar-refractivity contribution in [3.8, 4) is 6.07 Å². The summed E-state index contributed by atoms with van der Waals surface area (Å²) in [6.07, 6.45) is 0. The van der Waals surface area contributed by atoms with Gasteiger partial charge in [0.25, 0.3) is 0 Å². The SMILES string of the molecule is N#Cc1cccc(SCCF)c1. The molecular formula is C9H8FNS. The summed E-state index contributed by atoms with van der Waals surface area (Å²) in [6.45, 7) is -0.332. The maximum absolute atomic E-state index is 11.8. The van der Waals surface area contributed by atoms with Crippen molar-refractivity contribution in [2.75, 3.05) is 12.4 Å². The van der Waals surface area contributed by atoms with Crippen LogP contribution in [0.3, 0.4) is 0 Å². The van der Waals surface area contributed by atoms with Crippen molar-refractivity contribution >= 4 is 11.8 Å². The second-order valence-electron chi connectivity index (χ2n) is 2.18.